The van der Waals surface area contributed by atoms with Crippen molar-refractivity contribution < 1.29 is 160 Å². The highest BCUT2D eigenvalue weighted by Gasteiger charge is 2.58. The van der Waals surface area contributed by atoms with E-state index >= 15 is 0 Å². The van der Waals surface area contributed by atoms with E-state index in [2.05, 4.69) is 30.8 Å². The van der Waals surface area contributed by atoms with Crippen LogP contribution in [0.4, 0.5) is 0 Å². The average Bonchev–Trinajstić information content (AvgIpc) is 3.50. The number of carbonyl (C=O) groups is 5. The van der Waals surface area contributed by atoms with Gasteiger partial charge in [0.2, 0.25) is 29.5 Å². The molecule has 0 aromatic carbocycles. The van der Waals surface area contributed by atoms with E-state index in [1.54, 1.807) is 0 Å². The second-order valence-corrected chi connectivity index (χ2v) is 22.1. The standard InChI is InChI=1S/C46H77N5O33S/c1-12-28(60)35(67)36(68)46(75-12)73-10-21-39(31(63)23(41(69)76-21)47-13(2)55)83-45-27(51-17(6)59)34(66)40(22(80-45)11-74-85(70,71)72)84-44-26(50-16(5)58)33(65)38(20(9-54)79-44)82-43-25(49-15(4)57)32(64)37(19(8-53)78-43)81-42-24(48-14(3)56)30(62)29(61)18(7-52)77-42/h12,18-46,52-54,60-69H,7-11H2,1-6H3,(H,47,55)(H,48,56)(H,49,57)(H,50,58)(H,51,59)(H,70,71,72). The second kappa shape index (κ2) is 30.2. The van der Waals surface area contributed by atoms with Crippen LogP contribution in [-0.4, -0.2) is 326 Å². The quantitative estimate of drug-likeness (QED) is 0.0448. The van der Waals surface area contributed by atoms with Crippen molar-refractivity contribution in [2.75, 3.05) is 33.0 Å². The minimum absolute atomic E-state index is 0.749. The number of carbonyl (C=O) groups excluding carboxylic acids is 5. The van der Waals surface area contributed by atoms with E-state index in [-0.39, 0.29) is 0 Å². The Labute approximate surface area is 483 Å². The fourth-order valence-electron chi connectivity index (χ4n) is 10.5. The number of ether oxygens (including phenoxy) is 11. The maximum Gasteiger partial charge on any atom is 0.397 e. The molecule has 0 spiro atoms. The first kappa shape index (κ1) is 70.3. The van der Waals surface area contributed by atoms with Crippen molar-refractivity contribution in [3.05, 3.63) is 0 Å². The highest BCUT2D eigenvalue weighted by molar-refractivity contribution is 7.80. The molecular formula is C46H77N5O33S. The summed E-state index contributed by atoms with van der Waals surface area (Å²) in [6, 6.07) is -8.89. The number of amides is 5. The van der Waals surface area contributed by atoms with Gasteiger partial charge in [0.25, 0.3) is 0 Å². The molecule has 85 heavy (non-hydrogen) atoms. The molecule has 490 valence electrons. The molecule has 0 bridgehead atoms. The van der Waals surface area contributed by atoms with Gasteiger partial charge in [-0.15, -0.1) is 0 Å². The predicted octanol–water partition coefficient (Wildman–Crippen LogP) is -12.5. The molecule has 0 saturated carbocycles. The van der Waals surface area contributed by atoms with E-state index in [1.165, 1.54) is 6.92 Å². The minimum atomic E-state index is -5.41. The van der Waals surface area contributed by atoms with Crippen LogP contribution < -0.4 is 26.6 Å². The summed E-state index contributed by atoms with van der Waals surface area (Å²) in [7, 11) is -5.41. The first-order valence-corrected chi connectivity index (χ1v) is 27.9. The molecule has 30 atom stereocenters. The number of hydrogen-bond acceptors (Lipinski definition) is 32. The van der Waals surface area contributed by atoms with Crippen LogP contribution >= 0.6 is 0 Å². The topological polar surface area (TPSA) is 574 Å². The van der Waals surface area contributed by atoms with Gasteiger partial charge in [-0.1, -0.05) is 0 Å². The number of hydrogen-bond donors (Lipinski definition) is 19. The van der Waals surface area contributed by atoms with Gasteiger partial charge in [-0.3, -0.25) is 28.5 Å². The molecule has 0 aromatic rings. The molecule has 19 N–H and O–H groups in total. The summed E-state index contributed by atoms with van der Waals surface area (Å²) in [5.41, 5.74) is 0. The third kappa shape index (κ3) is 17.2. The molecule has 0 aromatic heterocycles. The molecule has 6 saturated heterocycles. The first-order valence-electron chi connectivity index (χ1n) is 26.6. The van der Waals surface area contributed by atoms with Crippen LogP contribution in [0, 0.1) is 0 Å². The van der Waals surface area contributed by atoms with Gasteiger partial charge in [0.1, 0.15) is 140 Å². The Morgan fingerprint density at radius 3 is 1.09 bits per heavy atom. The maximum absolute atomic E-state index is 12.9. The molecule has 0 aliphatic carbocycles. The van der Waals surface area contributed by atoms with Crippen LogP contribution in [0.2, 0.25) is 0 Å². The number of rotatable bonds is 22. The highest BCUT2D eigenvalue weighted by atomic mass is 32.3. The summed E-state index contributed by atoms with van der Waals surface area (Å²) >= 11 is 0. The van der Waals surface area contributed by atoms with Crippen LogP contribution in [0.1, 0.15) is 41.5 Å². The van der Waals surface area contributed by atoms with Crippen LogP contribution in [0.25, 0.3) is 0 Å². The predicted molar refractivity (Wildman–Crippen MR) is 266 cm³/mol. The summed E-state index contributed by atoms with van der Waals surface area (Å²) in [6.07, 6.45) is -46.7. The fourth-order valence-corrected chi connectivity index (χ4v) is 10.8. The van der Waals surface area contributed by atoms with Crippen LogP contribution in [0.5, 0.6) is 0 Å². The summed E-state index contributed by atoms with van der Waals surface area (Å²) in [6.45, 7) is 1.15. The lowest BCUT2D eigenvalue weighted by Gasteiger charge is -2.51. The molecule has 6 aliphatic heterocycles. The van der Waals surface area contributed by atoms with Crippen molar-refractivity contribution in [1.29, 1.82) is 0 Å². The zero-order chi connectivity index (χ0) is 63.3. The molecule has 6 aliphatic rings. The van der Waals surface area contributed by atoms with Gasteiger partial charge < -0.3 is 145 Å². The lowest BCUT2D eigenvalue weighted by atomic mass is 9.93. The van der Waals surface area contributed by atoms with Gasteiger partial charge in [-0.05, 0) is 6.92 Å². The number of aliphatic hydroxyl groups is 13. The van der Waals surface area contributed by atoms with Gasteiger partial charge in [-0.2, -0.15) is 8.42 Å². The Bertz CT molecular complexity index is 2360. The average molecular weight is 1260 g/mol. The molecule has 6 rings (SSSR count). The SMILES string of the molecule is CC(=O)NC1C(O)OC(COC2OC(C)C(O)C(O)C2O)C(OC2OC(COS(=O)(=O)O)C(OC3OC(CO)C(OC4OC(CO)C(OC5OC(CO)C(O)C(O)C5NC(C)=O)C(O)C4NC(C)=O)C(O)C3NC(C)=O)C(O)C2NC(C)=O)C1O. The Hall–Kier alpha value is -3.74. The van der Waals surface area contributed by atoms with E-state index in [0.717, 1.165) is 34.6 Å². The van der Waals surface area contributed by atoms with E-state index in [0.29, 0.717) is 0 Å². The van der Waals surface area contributed by atoms with Crippen molar-refractivity contribution in [3.63, 3.8) is 0 Å². The lowest BCUT2D eigenvalue weighted by Crippen LogP contribution is -2.72. The van der Waals surface area contributed by atoms with Gasteiger partial charge >= 0.3 is 10.4 Å². The molecule has 5 amide bonds. The summed E-state index contributed by atoms with van der Waals surface area (Å²) in [5, 5.41) is 154. The molecule has 38 nitrogen and oxygen atoms in total. The van der Waals surface area contributed by atoms with E-state index in [4.69, 9.17) is 52.1 Å². The first-order chi connectivity index (χ1) is 39.8. The smallest absolute Gasteiger partial charge is 0.394 e. The highest BCUT2D eigenvalue weighted by Crippen LogP contribution is 2.37. The third-order valence-electron chi connectivity index (χ3n) is 14.6. The van der Waals surface area contributed by atoms with Gasteiger partial charge in [0.05, 0.1) is 39.1 Å². The minimum Gasteiger partial charge on any atom is -0.394 e. The Balaban J connectivity index is 1.29. The van der Waals surface area contributed by atoms with Crippen molar-refractivity contribution in [2.45, 2.75) is 225 Å². The van der Waals surface area contributed by atoms with Crippen molar-refractivity contribution in [3.8, 4) is 0 Å². The normalized spacial score (nSPS) is 44.3. The van der Waals surface area contributed by atoms with Crippen molar-refractivity contribution in [2.24, 2.45) is 0 Å². The zero-order valence-corrected chi connectivity index (χ0v) is 47.1. The molecular weight excluding hydrogens is 1180 g/mol. The largest absolute Gasteiger partial charge is 0.397 e. The summed E-state index contributed by atoms with van der Waals surface area (Å²) in [5.74, 6) is -4.27. The van der Waals surface area contributed by atoms with Crippen LogP contribution in [-0.2, 0) is 90.7 Å². The van der Waals surface area contributed by atoms with E-state index in [1.807, 2.05) is 0 Å². The molecule has 0 radical (unpaired) electrons. The third-order valence-corrected chi connectivity index (χ3v) is 15.0. The number of nitrogens with one attached hydrogen (secondary N) is 5. The lowest BCUT2D eigenvalue weighted by molar-refractivity contribution is -0.368. The molecule has 30 unspecified atom stereocenters. The van der Waals surface area contributed by atoms with Crippen LogP contribution in [0.3, 0.4) is 0 Å². The Morgan fingerprint density at radius 2 is 0.718 bits per heavy atom. The van der Waals surface area contributed by atoms with E-state index in [9.17, 15) is 103 Å². The zero-order valence-electron chi connectivity index (χ0n) is 46.3. The second-order valence-electron chi connectivity index (χ2n) is 21.0. The monoisotopic (exact) mass is 1260 g/mol. The Morgan fingerprint density at radius 1 is 0.388 bits per heavy atom. The molecule has 6 fully saturated rings. The van der Waals surface area contributed by atoms with Crippen LogP contribution in [0.15, 0.2) is 0 Å². The summed E-state index contributed by atoms with van der Waals surface area (Å²) in [4.78, 5) is 62.8. The fraction of sp³-hybridized carbons (Fsp3) is 0.891. The van der Waals surface area contributed by atoms with Crippen molar-refractivity contribution >= 4 is 39.9 Å². The van der Waals surface area contributed by atoms with Gasteiger partial charge in [-0.25, -0.2) is 4.18 Å². The number of aliphatic hydroxyl groups excluding tert-OH is 13. The maximum atomic E-state index is 12.9. The molecule has 39 heteroatoms. The van der Waals surface area contributed by atoms with Gasteiger partial charge in [0.15, 0.2) is 37.7 Å². The van der Waals surface area contributed by atoms with Gasteiger partial charge in [0, 0.05) is 34.6 Å². The summed E-state index contributed by atoms with van der Waals surface area (Å²) < 4.78 is 103. The van der Waals surface area contributed by atoms with Crippen molar-refractivity contribution in [1.82, 2.24) is 26.6 Å². The molecule has 6 heterocycles. The van der Waals surface area contributed by atoms with E-state index < -0.39 is 257 Å². The Kier molecular flexibility index (Phi) is 25.0.